The van der Waals surface area contributed by atoms with E-state index in [2.05, 4.69) is 0 Å². The first kappa shape index (κ1) is 13.6. The van der Waals surface area contributed by atoms with Crippen LogP contribution in [0.1, 0.15) is 12.5 Å². The van der Waals surface area contributed by atoms with Crippen LogP contribution in [0.4, 0.5) is 5.69 Å². The second kappa shape index (κ2) is 4.82. The lowest BCUT2D eigenvalue weighted by atomic mass is 9.82. The van der Waals surface area contributed by atoms with Gasteiger partial charge in [0.05, 0.1) is 4.92 Å². The number of rotatable bonds is 5. The first-order valence-corrected chi connectivity index (χ1v) is 5.10. The van der Waals surface area contributed by atoms with E-state index in [4.69, 9.17) is 11.5 Å². The first-order valence-electron chi connectivity index (χ1n) is 5.10. The molecule has 1 aromatic carbocycles. The number of nitro benzene ring substituents is 1. The third kappa shape index (κ3) is 2.62. The molecule has 18 heavy (non-hydrogen) atoms. The SMILES string of the molecule is CC(Cc1ccc([N+](=O)[O-])cc1)(C(N)=O)C(N)=O. The van der Waals surface area contributed by atoms with Crippen LogP contribution >= 0.6 is 0 Å². The van der Waals surface area contributed by atoms with Crippen molar-refractivity contribution < 1.29 is 14.5 Å². The fourth-order valence-electron chi connectivity index (χ4n) is 1.44. The van der Waals surface area contributed by atoms with Crippen LogP contribution < -0.4 is 11.5 Å². The van der Waals surface area contributed by atoms with E-state index < -0.39 is 22.2 Å². The van der Waals surface area contributed by atoms with Crippen LogP contribution in [0.25, 0.3) is 0 Å². The molecular formula is C11H13N3O4. The predicted octanol–water partition coefficient (Wildman–Crippen LogP) is 0.114. The van der Waals surface area contributed by atoms with Crippen molar-refractivity contribution in [3.8, 4) is 0 Å². The molecule has 1 rings (SSSR count). The van der Waals surface area contributed by atoms with Crippen molar-refractivity contribution in [1.29, 1.82) is 0 Å². The molecule has 2 amide bonds. The third-order valence-electron chi connectivity index (χ3n) is 2.79. The number of hydrogen-bond acceptors (Lipinski definition) is 4. The number of hydrogen-bond donors (Lipinski definition) is 2. The fourth-order valence-corrected chi connectivity index (χ4v) is 1.44. The second-order valence-electron chi connectivity index (χ2n) is 4.16. The van der Waals surface area contributed by atoms with Crippen molar-refractivity contribution >= 4 is 17.5 Å². The lowest BCUT2D eigenvalue weighted by molar-refractivity contribution is -0.384. The molecule has 0 heterocycles. The molecule has 0 atom stereocenters. The highest BCUT2D eigenvalue weighted by molar-refractivity contribution is 6.03. The molecule has 0 aliphatic carbocycles. The summed E-state index contributed by atoms with van der Waals surface area (Å²) in [4.78, 5) is 32.4. The van der Waals surface area contributed by atoms with Gasteiger partial charge in [0.2, 0.25) is 11.8 Å². The Morgan fingerprint density at radius 2 is 1.67 bits per heavy atom. The van der Waals surface area contributed by atoms with Gasteiger partial charge in [-0.15, -0.1) is 0 Å². The van der Waals surface area contributed by atoms with Crippen molar-refractivity contribution in [1.82, 2.24) is 0 Å². The van der Waals surface area contributed by atoms with E-state index in [9.17, 15) is 19.7 Å². The molecule has 0 fully saturated rings. The number of nitro groups is 1. The van der Waals surface area contributed by atoms with Crippen molar-refractivity contribution in [2.75, 3.05) is 0 Å². The highest BCUT2D eigenvalue weighted by atomic mass is 16.6. The quantitative estimate of drug-likeness (QED) is 0.437. The summed E-state index contributed by atoms with van der Waals surface area (Å²) in [5, 5.41) is 10.5. The molecule has 0 bridgehead atoms. The number of primary amides is 2. The molecule has 4 N–H and O–H groups in total. The highest BCUT2D eigenvalue weighted by Gasteiger charge is 2.37. The minimum absolute atomic E-state index is 0.00958. The Labute approximate surface area is 103 Å². The zero-order valence-electron chi connectivity index (χ0n) is 9.75. The molecule has 0 aliphatic heterocycles. The Morgan fingerprint density at radius 3 is 2.00 bits per heavy atom. The third-order valence-corrected chi connectivity index (χ3v) is 2.79. The van der Waals surface area contributed by atoms with Crippen LogP contribution in [-0.4, -0.2) is 16.7 Å². The smallest absolute Gasteiger partial charge is 0.269 e. The van der Waals surface area contributed by atoms with Gasteiger partial charge >= 0.3 is 0 Å². The lowest BCUT2D eigenvalue weighted by Crippen LogP contribution is -2.46. The summed E-state index contributed by atoms with van der Waals surface area (Å²) in [7, 11) is 0. The Hall–Kier alpha value is -2.44. The van der Waals surface area contributed by atoms with Gasteiger partial charge in [0, 0.05) is 12.1 Å². The molecule has 7 heteroatoms. The van der Waals surface area contributed by atoms with E-state index in [0.717, 1.165) is 0 Å². The number of amides is 2. The van der Waals surface area contributed by atoms with Crippen LogP contribution in [0.3, 0.4) is 0 Å². The van der Waals surface area contributed by atoms with Crippen molar-refractivity contribution in [2.24, 2.45) is 16.9 Å². The van der Waals surface area contributed by atoms with Gasteiger partial charge in [-0.25, -0.2) is 0 Å². The highest BCUT2D eigenvalue weighted by Crippen LogP contribution is 2.23. The number of non-ortho nitro benzene ring substituents is 1. The molecular weight excluding hydrogens is 238 g/mol. The van der Waals surface area contributed by atoms with Crippen LogP contribution in [0, 0.1) is 15.5 Å². The van der Waals surface area contributed by atoms with Gasteiger partial charge < -0.3 is 11.5 Å². The number of carbonyl (C=O) groups excluding carboxylic acids is 2. The molecule has 0 unspecified atom stereocenters. The van der Waals surface area contributed by atoms with Crippen LogP contribution in [0.5, 0.6) is 0 Å². The molecule has 0 aromatic heterocycles. The molecule has 0 spiro atoms. The van der Waals surface area contributed by atoms with Crippen LogP contribution in [0.15, 0.2) is 24.3 Å². The summed E-state index contributed by atoms with van der Waals surface area (Å²) in [5.74, 6) is -1.65. The maximum atomic E-state index is 11.3. The summed E-state index contributed by atoms with van der Waals surface area (Å²) in [5.41, 5.74) is 9.30. The summed E-state index contributed by atoms with van der Waals surface area (Å²) >= 11 is 0. The fraction of sp³-hybridized carbons (Fsp3) is 0.273. The Bertz CT molecular complexity index is 482. The summed E-state index contributed by atoms with van der Waals surface area (Å²) in [6, 6.07) is 5.50. The zero-order valence-corrected chi connectivity index (χ0v) is 9.75. The van der Waals surface area contributed by atoms with Gasteiger partial charge in [0.1, 0.15) is 5.41 Å². The van der Waals surface area contributed by atoms with Crippen molar-refractivity contribution in [2.45, 2.75) is 13.3 Å². The molecule has 0 radical (unpaired) electrons. The van der Waals surface area contributed by atoms with Gasteiger partial charge in [0.15, 0.2) is 0 Å². The van der Waals surface area contributed by atoms with Crippen molar-refractivity contribution in [3.63, 3.8) is 0 Å². The van der Waals surface area contributed by atoms with E-state index in [1.807, 2.05) is 0 Å². The predicted molar refractivity (Wildman–Crippen MR) is 63.3 cm³/mol. The Kier molecular flexibility index (Phi) is 3.65. The summed E-state index contributed by atoms with van der Waals surface area (Å²) < 4.78 is 0. The summed E-state index contributed by atoms with van der Waals surface area (Å²) in [6.45, 7) is 1.35. The summed E-state index contributed by atoms with van der Waals surface area (Å²) in [6.07, 6.45) is 0.00958. The van der Waals surface area contributed by atoms with E-state index >= 15 is 0 Å². The van der Waals surface area contributed by atoms with E-state index in [0.29, 0.717) is 5.56 Å². The maximum Gasteiger partial charge on any atom is 0.269 e. The second-order valence-corrected chi connectivity index (χ2v) is 4.16. The average Bonchev–Trinajstić information content (AvgIpc) is 2.29. The first-order chi connectivity index (χ1) is 8.27. The molecule has 0 aliphatic rings. The Balaban J connectivity index is 2.99. The van der Waals surface area contributed by atoms with Gasteiger partial charge in [0.25, 0.3) is 5.69 Å². The van der Waals surface area contributed by atoms with Gasteiger partial charge in [-0.1, -0.05) is 12.1 Å². The standard InChI is InChI=1S/C11H13N3O4/c1-11(9(12)15,10(13)16)6-7-2-4-8(5-3-7)14(17)18/h2-5H,6H2,1H3,(H2,12,15)(H2,13,16). The van der Waals surface area contributed by atoms with E-state index in [-0.39, 0.29) is 12.1 Å². The average molecular weight is 251 g/mol. The van der Waals surface area contributed by atoms with Crippen molar-refractivity contribution in [3.05, 3.63) is 39.9 Å². The maximum absolute atomic E-state index is 11.3. The monoisotopic (exact) mass is 251 g/mol. The minimum atomic E-state index is -1.50. The number of nitrogens with zero attached hydrogens (tertiary/aromatic N) is 1. The molecule has 0 saturated carbocycles. The largest absolute Gasteiger partial charge is 0.369 e. The molecule has 7 nitrogen and oxygen atoms in total. The van der Waals surface area contributed by atoms with Gasteiger partial charge in [-0.05, 0) is 18.9 Å². The molecule has 1 aromatic rings. The zero-order chi connectivity index (χ0) is 13.9. The normalized spacial score (nSPS) is 10.9. The number of nitrogens with two attached hydrogens (primary N) is 2. The van der Waals surface area contributed by atoms with Crippen LogP contribution in [0.2, 0.25) is 0 Å². The van der Waals surface area contributed by atoms with Crippen LogP contribution in [-0.2, 0) is 16.0 Å². The molecule has 0 saturated heterocycles. The lowest BCUT2D eigenvalue weighted by Gasteiger charge is -2.21. The topological polar surface area (TPSA) is 129 Å². The van der Waals surface area contributed by atoms with E-state index in [1.165, 1.54) is 31.2 Å². The van der Waals surface area contributed by atoms with Gasteiger partial charge in [-0.2, -0.15) is 0 Å². The number of benzene rings is 1. The minimum Gasteiger partial charge on any atom is -0.369 e. The van der Waals surface area contributed by atoms with Gasteiger partial charge in [-0.3, -0.25) is 19.7 Å². The Morgan fingerprint density at radius 1 is 1.22 bits per heavy atom. The number of carbonyl (C=O) groups is 2. The molecule has 96 valence electrons. The van der Waals surface area contributed by atoms with E-state index in [1.54, 1.807) is 0 Å².